The lowest BCUT2D eigenvalue weighted by molar-refractivity contribution is -0.258. The Bertz CT molecular complexity index is 620. The van der Waals surface area contributed by atoms with E-state index in [1.54, 1.807) is 18.5 Å². The van der Waals surface area contributed by atoms with Crippen molar-refractivity contribution < 1.29 is 18.3 Å². The van der Waals surface area contributed by atoms with Crippen LogP contribution in [-0.2, 0) is 24.4 Å². The third kappa shape index (κ3) is 3.62. The molecule has 1 unspecified atom stereocenters. The average molecular weight is 333 g/mol. The van der Waals surface area contributed by atoms with Crippen molar-refractivity contribution >= 4 is 11.6 Å². The highest BCUT2D eigenvalue weighted by Crippen LogP contribution is 2.38. The number of aryl methyl sites for hydroxylation is 2. The fourth-order valence-corrected chi connectivity index (χ4v) is 2.15. The first-order valence-electron chi connectivity index (χ1n) is 6.69. The topological polar surface area (TPSA) is 38.0 Å². The first kappa shape index (κ1) is 16.8. The number of aliphatic hydroxyl groups is 1. The number of halogens is 4. The normalized spacial score (nSPS) is 14.8. The molecule has 0 saturated heterocycles. The first-order chi connectivity index (χ1) is 10.2. The van der Waals surface area contributed by atoms with E-state index in [9.17, 15) is 18.3 Å². The summed E-state index contributed by atoms with van der Waals surface area (Å²) in [4.78, 5) is 4.09. The fraction of sp³-hybridized carbons (Fsp3) is 0.400. The summed E-state index contributed by atoms with van der Waals surface area (Å²) in [5, 5.41) is 9.60. The van der Waals surface area contributed by atoms with Crippen LogP contribution in [-0.4, -0.2) is 20.8 Å². The molecule has 0 aliphatic carbocycles. The van der Waals surface area contributed by atoms with Gasteiger partial charge in [0.1, 0.15) is 0 Å². The second kappa shape index (κ2) is 6.30. The lowest BCUT2D eigenvalue weighted by Gasteiger charge is -2.26. The molecule has 0 bridgehead atoms. The minimum atomic E-state index is -4.71. The Balaban J connectivity index is 2.03. The van der Waals surface area contributed by atoms with Gasteiger partial charge in [0.15, 0.2) is 5.60 Å². The fourth-order valence-electron chi connectivity index (χ4n) is 2.02. The molecule has 1 heterocycles. The molecule has 0 aliphatic rings. The SMILES string of the molecule is CC(O)(c1ccc(CCn2cnc(CCl)c2)cc1)C(F)(F)F. The maximum Gasteiger partial charge on any atom is 0.421 e. The monoisotopic (exact) mass is 332 g/mol. The minimum absolute atomic E-state index is 0.171. The molecule has 22 heavy (non-hydrogen) atoms. The van der Waals surface area contributed by atoms with E-state index in [0.717, 1.165) is 18.2 Å². The van der Waals surface area contributed by atoms with E-state index in [-0.39, 0.29) is 5.56 Å². The number of imidazole rings is 1. The number of alkyl halides is 4. The Labute approximate surface area is 131 Å². The van der Waals surface area contributed by atoms with Crippen LogP contribution in [0.4, 0.5) is 13.2 Å². The van der Waals surface area contributed by atoms with Crippen molar-refractivity contribution in [3.8, 4) is 0 Å². The Kier molecular flexibility index (Phi) is 4.82. The van der Waals surface area contributed by atoms with Crippen LogP contribution < -0.4 is 0 Å². The maximum absolute atomic E-state index is 12.8. The quantitative estimate of drug-likeness (QED) is 0.849. The molecule has 1 N–H and O–H groups in total. The largest absolute Gasteiger partial charge is 0.421 e. The van der Waals surface area contributed by atoms with Gasteiger partial charge in [0.05, 0.1) is 17.9 Å². The Morgan fingerprint density at radius 1 is 1.23 bits per heavy atom. The molecule has 2 aromatic rings. The zero-order valence-corrected chi connectivity index (χ0v) is 12.7. The molecule has 0 aliphatic heterocycles. The minimum Gasteiger partial charge on any atom is -0.376 e. The molecule has 1 atom stereocenters. The summed E-state index contributed by atoms with van der Waals surface area (Å²) in [6, 6.07) is 5.80. The van der Waals surface area contributed by atoms with Gasteiger partial charge < -0.3 is 9.67 Å². The molecule has 3 nitrogen and oxygen atoms in total. The van der Waals surface area contributed by atoms with Gasteiger partial charge in [0, 0.05) is 12.7 Å². The second-order valence-electron chi connectivity index (χ2n) is 5.25. The number of hydrogen-bond acceptors (Lipinski definition) is 2. The molecule has 0 saturated carbocycles. The summed E-state index contributed by atoms with van der Waals surface area (Å²) in [7, 11) is 0. The van der Waals surface area contributed by atoms with E-state index in [1.165, 1.54) is 12.1 Å². The van der Waals surface area contributed by atoms with Gasteiger partial charge in [-0.1, -0.05) is 24.3 Å². The lowest BCUT2D eigenvalue weighted by atomic mass is 9.94. The van der Waals surface area contributed by atoms with Crippen LogP contribution in [0, 0.1) is 0 Å². The molecule has 0 spiro atoms. The Morgan fingerprint density at radius 3 is 2.36 bits per heavy atom. The van der Waals surface area contributed by atoms with Crippen LogP contribution in [0.1, 0.15) is 23.7 Å². The predicted molar refractivity (Wildman–Crippen MR) is 77.6 cm³/mol. The van der Waals surface area contributed by atoms with E-state index in [1.807, 2.05) is 10.8 Å². The summed E-state index contributed by atoms with van der Waals surface area (Å²) in [6.07, 6.45) is -0.563. The van der Waals surface area contributed by atoms with Crippen molar-refractivity contribution in [3.05, 3.63) is 53.6 Å². The van der Waals surface area contributed by atoms with Crippen molar-refractivity contribution in [1.29, 1.82) is 0 Å². The summed E-state index contributed by atoms with van der Waals surface area (Å²) < 4.78 is 40.1. The van der Waals surface area contributed by atoms with Crippen molar-refractivity contribution in [2.45, 2.75) is 37.5 Å². The molecule has 1 aromatic carbocycles. The van der Waals surface area contributed by atoms with Gasteiger partial charge in [-0.15, -0.1) is 11.6 Å². The molecule has 0 amide bonds. The zero-order chi connectivity index (χ0) is 16.4. The number of nitrogens with zero attached hydrogens (tertiary/aromatic N) is 2. The molecule has 120 valence electrons. The molecule has 0 radical (unpaired) electrons. The van der Waals surface area contributed by atoms with E-state index in [2.05, 4.69) is 4.98 Å². The van der Waals surface area contributed by atoms with E-state index in [4.69, 9.17) is 11.6 Å². The van der Waals surface area contributed by atoms with Gasteiger partial charge >= 0.3 is 6.18 Å². The Hall–Kier alpha value is -1.53. The summed E-state index contributed by atoms with van der Waals surface area (Å²) in [6.45, 7) is 1.40. The number of benzene rings is 1. The summed E-state index contributed by atoms with van der Waals surface area (Å²) in [5.74, 6) is 0.341. The van der Waals surface area contributed by atoms with Crippen LogP contribution in [0.2, 0.25) is 0 Å². The summed E-state index contributed by atoms with van der Waals surface area (Å²) >= 11 is 5.66. The van der Waals surface area contributed by atoms with Crippen molar-refractivity contribution in [1.82, 2.24) is 9.55 Å². The molecule has 7 heteroatoms. The predicted octanol–water partition coefficient (Wildman–Crippen LogP) is 3.63. The third-order valence-electron chi connectivity index (χ3n) is 3.55. The van der Waals surface area contributed by atoms with Crippen molar-refractivity contribution in [3.63, 3.8) is 0 Å². The van der Waals surface area contributed by atoms with Crippen molar-refractivity contribution in [2.75, 3.05) is 0 Å². The molecular weight excluding hydrogens is 317 g/mol. The smallest absolute Gasteiger partial charge is 0.376 e. The summed E-state index contributed by atoms with van der Waals surface area (Å²) in [5.41, 5.74) is -1.36. The lowest BCUT2D eigenvalue weighted by Crippen LogP contribution is -2.39. The van der Waals surface area contributed by atoms with Gasteiger partial charge in [-0.05, 0) is 24.5 Å². The average Bonchev–Trinajstić information content (AvgIpc) is 2.92. The molecule has 0 fully saturated rings. The first-order valence-corrected chi connectivity index (χ1v) is 7.22. The number of hydrogen-bond donors (Lipinski definition) is 1. The number of rotatable bonds is 5. The van der Waals surface area contributed by atoms with Gasteiger partial charge in [-0.25, -0.2) is 4.98 Å². The third-order valence-corrected chi connectivity index (χ3v) is 3.82. The van der Waals surface area contributed by atoms with Crippen molar-refractivity contribution in [2.24, 2.45) is 0 Å². The highest BCUT2D eigenvalue weighted by atomic mass is 35.5. The Morgan fingerprint density at radius 2 is 1.86 bits per heavy atom. The van der Waals surface area contributed by atoms with Gasteiger partial charge in [-0.2, -0.15) is 13.2 Å². The van der Waals surface area contributed by atoms with Gasteiger partial charge in [-0.3, -0.25) is 0 Å². The number of aromatic nitrogens is 2. The highest BCUT2D eigenvalue weighted by molar-refractivity contribution is 6.16. The van der Waals surface area contributed by atoms with E-state index >= 15 is 0 Å². The maximum atomic E-state index is 12.8. The van der Waals surface area contributed by atoms with E-state index < -0.39 is 11.8 Å². The highest BCUT2D eigenvalue weighted by Gasteiger charge is 2.50. The van der Waals surface area contributed by atoms with Crippen LogP contribution >= 0.6 is 11.6 Å². The van der Waals surface area contributed by atoms with Crippen LogP contribution in [0.3, 0.4) is 0 Å². The molecular formula is C15H16ClF3N2O. The van der Waals surface area contributed by atoms with Crippen LogP contribution in [0.5, 0.6) is 0 Å². The van der Waals surface area contributed by atoms with Gasteiger partial charge in [0.25, 0.3) is 0 Å². The molecule has 1 aromatic heterocycles. The molecule has 2 rings (SSSR count). The van der Waals surface area contributed by atoms with Crippen LogP contribution in [0.25, 0.3) is 0 Å². The van der Waals surface area contributed by atoms with E-state index in [0.29, 0.717) is 18.8 Å². The zero-order valence-electron chi connectivity index (χ0n) is 11.9. The standard InChI is InChI=1S/C15H16ClF3N2O/c1-14(22,15(17,18)19)12-4-2-11(3-5-12)6-7-21-9-13(8-16)20-10-21/h2-5,9-10,22H,6-8H2,1H3. The van der Waals surface area contributed by atoms with Gasteiger partial charge in [0.2, 0.25) is 0 Å². The van der Waals surface area contributed by atoms with Crippen LogP contribution in [0.15, 0.2) is 36.8 Å². The second-order valence-corrected chi connectivity index (χ2v) is 5.52.